The summed E-state index contributed by atoms with van der Waals surface area (Å²) in [5.74, 6) is -0.994. The standard InChI is InChI=1S/C19H26N2O5/c1-3-13(2)19(25)21-9-5-6-14(11-21)18(24)20-15-7-4-8-16(10-15)26-12-17(22)23/h4,7-8,10,13-14H,3,5-6,9,11-12H2,1-2H3,(H,20,24)(H,22,23). The van der Waals surface area contributed by atoms with Crippen LogP contribution >= 0.6 is 0 Å². The van der Waals surface area contributed by atoms with E-state index in [9.17, 15) is 14.4 Å². The molecule has 1 aromatic rings. The van der Waals surface area contributed by atoms with Gasteiger partial charge in [-0.1, -0.05) is 19.9 Å². The molecule has 7 heteroatoms. The van der Waals surface area contributed by atoms with Gasteiger partial charge in [0.05, 0.1) is 5.92 Å². The molecule has 2 atom stereocenters. The topological polar surface area (TPSA) is 95.9 Å². The quantitative estimate of drug-likeness (QED) is 0.776. The smallest absolute Gasteiger partial charge is 0.341 e. The molecule has 1 saturated heterocycles. The van der Waals surface area contributed by atoms with Crippen LogP contribution in [-0.2, 0) is 14.4 Å². The van der Waals surface area contributed by atoms with Crippen LogP contribution in [0.3, 0.4) is 0 Å². The van der Waals surface area contributed by atoms with Gasteiger partial charge in [-0.25, -0.2) is 4.79 Å². The normalized spacial score (nSPS) is 18.1. The minimum atomic E-state index is -1.06. The molecular weight excluding hydrogens is 336 g/mol. The van der Waals surface area contributed by atoms with Crippen LogP contribution in [0.25, 0.3) is 0 Å². The summed E-state index contributed by atoms with van der Waals surface area (Å²) in [7, 11) is 0. The molecule has 0 spiro atoms. The Bertz CT molecular complexity index is 661. The summed E-state index contributed by atoms with van der Waals surface area (Å²) >= 11 is 0. The Morgan fingerprint density at radius 3 is 2.85 bits per heavy atom. The van der Waals surface area contributed by atoms with Gasteiger partial charge in [0.15, 0.2) is 6.61 Å². The van der Waals surface area contributed by atoms with E-state index in [0.29, 0.717) is 24.5 Å². The zero-order chi connectivity index (χ0) is 19.1. The van der Waals surface area contributed by atoms with Crippen molar-refractivity contribution in [1.82, 2.24) is 4.90 Å². The van der Waals surface area contributed by atoms with Gasteiger partial charge in [0.2, 0.25) is 11.8 Å². The van der Waals surface area contributed by atoms with E-state index >= 15 is 0 Å². The highest BCUT2D eigenvalue weighted by Gasteiger charge is 2.30. The summed E-state index contributed by atoms with van der Waals surface area (Å²) < 4.78 is 5.12. The lowest BCUT2D eigenvalue weighted by Gasteiger charge is -2.33. The van der Waals surface area contributed by atoms with Crippen molar-refractivity contribution in [2.24, 2.45) is 11.8 Å². The van der Waals surface area contributed by atoms with E-state index in [1.54, 1.807) is 29.2 Å². The summed E-state index contributed by atoms with van der Waals surface area (Å²) in [6.45, 7) is 4.59. The molecule has 1 aromatic carbocycles. The molecular formula is C19H26N2O5. The Kier molecular flexibility index (Phi) is 7.00. The minimum absolute atomic E-state index is 0.0279. The lowest BCUT2D eigenvalue weighted by molar-refractivity contribution is -0.139. The second kappa shape index (κ2) is 9.22. The van der Waals surface area contributed by atoms with Crippen molar-refractivity contribution in [2.75, 3.05) is 25.0 Å². The van der Waals surface area contributed by atoms with Crippen LogP contribution in [0.2, 0.25) is 0 Å². The number of carboxylic acids is 1. The Labute approximate surface area is 153 Å². The van der Waals surface area contributed by atoms with E-state index in [2.05, 4.69) is 5.32 Å². The molecule has 1 aliphatic heterocycles. The average Bonchev–Trinajstić information content (AvgIpc) is 2.65. The largest absolute Gasteiger partial charge is 0.482 e. The van der Waals surface area contributed by atoms with Gasteiger partial charge in [-0.05, 0) is 31.4 Å². The first-order valence-corrected chi connectivity index (χ1v) is 8.95. The molecule has 0 aromatic heterocycles. The first-order chi connectivity index (χ1) is 12.4. The number of carboxylic acid groups (broad SMARTS) is 1. The maximum absolute atomic E-state index is 12.6. The second-order valence-corrected chi connectivity index (χ2v) is 6.63. The number of carbonyl (C=O) groups excluding carboxylic acids is 2. The number of aliphatic carboxylic acids is 1. The highest BCUT2D eigenvalue weighted by atomic mass is 16.5. The maximum Gasteiger partial charge on any atom is 0.341 e. The van der Waals surface area contributed by atoms with Crippen LogP contribution in [0.5, 0.6) is 5.75 Å². The van der Waals surface area contributed by atoms with Crippen molar-refractivity contribution < 1.29 is 24.2 Å². The molecule has 2 N–H and O–H groups in total. The van der Waals surface area contributed by atoms with Gasteiger partial charge in [-0.15, -0.1) is 0 Å². The third-order valence-corrected chi connectivity index (χ3v) is 4.60. The van der Waals surface area contributed by atoms with Crippen LogP contribution in [0.15, 0.2) is 24.3 Å². The number of nitrogens with one attached hydrogen (secondary N) is 1. The van der Waals surface area contributed by atoms with Crippen LogP contribution in [0, 0.1) is 11.8 Å². The minimum Gasteiger partial charge on any atom is -0.482 e. The molecule has 0 radical (unpaired) electrons. The summed E-state index contributed by atoms with van der Waals surface area (Å²) in [6.07, 6.45) is 2.34. The predicted molar refractivity (Wildman–Crippen MR) is 97.0 cm³/mol. The van der Waals surface area contributed by atoms with Crippen LogP contribution in [0.4, 0.5) is 5.69 Å². The molecule has 2 rings (SSSR count). The molecule has 7 nitrogen and oxygen atoms in total. The number of nitrogens with zero attached hydrogens (tertiary/aromatic N) is 1. The lowest BCUT2D eigenvalue weighted by atomic mass is 9.95. The number of hydrogen-bond donors (Lipinski definition) is 2. The van der Waals surface area contributed by atoms with Gasteiger partial charge in [0.1, 0.15) is 5.75 Å². The van der Waals surface area contributed by atoms with Crippen molar-refractivity contribution in [3.63, 3.8) is 0 Å². The Balaban J connectivity index is 1.95. The first kappa shape index (κ1) is 19.8. The molecule has 0 bridgehead atoms. The fraction of sp³-hybridized carbons (Fsp3) is 0.526. The fourth-order valence-electron chi connectivity index (χ4n) is 2.93. The van der Waals surface area contributed by atoms with Crippen molar-refractivity contribution in [1.29, 1.82) is 0 Å². The van der Waals surface area contributed by atoms with E-state index in [-0.39, 0.29) is 23.7 Å². The molecule has 1 aliphatic rings. The second-order valence-electron chi connectivity index (χ2n) is 6.63. The summed E-state index contributed by atoms with van der Waals surface area (Å²) in [4.78, 5) is 37.3. The van der Waals surface area contributed by atoms with E-state index < -0.39 is 12.6 Å². The van der Waals surface area contributed by atoms with E-state index in [1.165, 1.54) is 0 Å². The highest BCUT2D eigenvalue weighted by Crippen LogP contribution is 2.22. The number of anilines is 1. The maximum atomic E-state index is 12.6. The third-order valence-electron chi connectivity index (χ3n) is 4.60. The van der Waals surface area contributed by atoms with Crippen molar-refractivity contribution in [3.05, 3.63) is 24.3 Å². The molecule has 1 heterocycles. The lowest BCUT2D eigenvalue weighted by Crippen LogP contribution is -2.45. The van der Waals surface area contributed by atoms with Gasteiger partial charge >= 0.3 is 5.97 Å². The number of hydrogen-bond acceptors (Lipinski definition) is 4. The van der Waals surface area contributed by atoms with E-state index in [0.717, 1.165) is 19.3 Å². The SMILES string of the molecule is CCC(C)C(=O)N1CCCC(C(=O)Nc2cccc(OCC(=O)O)c2)C1. The summed E-state index contributed by atoms with van der Waals surface area (Å²) in [5, 5.41) is 11.5. The number of ether oxygens (including phenoxy) is 1. The first-order valence-electron chi connectivity index (χ1n) is 8.95. The third kappa shape index (κ3) is 5.47. The van der Waals surface area contributed by atoms with Gasteiger partial charge in [0.25, 0.3) is 0 Å². The number of likely N-dealkylation sites (tertiary alicyclic amines) is 1. The number of piperidine rings is 1. The fourth-order valence-corrected chi connectivity index (χ4v) is 2.93. The van der Waals surface area contributed by atoms with Gasteiger partial charge in [0, 0.05) is 30.8 Å². The zero-order valence-corrected chi connectivity index (χ0v) is 15.2. The monoisotopic (exact) mass is 362 g/mol. The van der Waals surface area contributed by atoms with Crippen molar-refractivity contribution >= 4 is 23.5 Å². The van der Waals surface area contributed by atoms with Crippen molar-refractivity contribution in [2.45, 2.75) is 33.1 Å². The van der Waals surface area contributed by atoms with E-state index in [1.807, 2.05) is 13.8 Å². The summed E-state index contributed by atoms with van der Waals surface area (Å²) in [5.41, 5.74) is 0.545. The average molecular weight is 362 g/mol. The Hall–Kier alpha value is -2.57. The van der Waals surface area contributed by atoms with Gasteiger partial charge < -0.3 is 20.1 Å². The molecule has 26 heavy (non-hydrogen) atoms. The molecule has 1 fully saturated rings. The Morgan fingerprint density at radius 2 is 2.15 bits per heavy atom. The van der Waals surface area contributed by atoms with Crippen molar-refractivity contribution in [3.8, 4) is 5.75 Å². The molecule has 142 valence electrons. The van der Waals surface area contributed by atoms with E-state index in [4.69, 9.17) is 9.84 Å². The zero-order valence-electron chi connectivity index (χ0n) is 15.2. The predicted octanol–water partition coefficient (Wildman–Crippen LogP) is 2.37. The molecule has 2 amide bonds. The number of rotatable bonds is 7. The molecule has 0 aliphatic carbocycles. The number of carbonyl (C=O) groups is 3. The van der Waals surface area contributed by atoms with Gasteiger partial charge in [-0.3, -0.25) is 9.59 Å². The van der Waals surface area contributed by atoms with Crippen LogP contribution < -0.4 is 10.1 Å². The summed E-state index contributed by atoms with van der Waals surface area (Å²) in [6, 6.07) is 6.63. The number of benzene rings is 1. The van der Waals surface area contributed by atoms with Crippen LogP contribution in [-0.4, -0.2) is 47.5 Å². The highest BCUT2D eigenvalue weighted by molar-refractivity contribution is 5.93. The number of amides is 2. The van der Waals surface area contributed by atoms with Crippen LogP contribution in [0.1, 0.15) is 33.1 Å². The Morgan fingerprint density at radius 1 is 1.38 bits per heavy atom. The van der Waals surface area contributed by atoms with Gasteiger partial charge in [-0.2, -0.15) is 0 Å². The molecule has 0 saturated carbocycles. The molecule has 2 unspecified atom stereocenters.